The van der Waals surface area contributed by atoms with Crippen LogP contribution in [0.1, 0.15) is 135 Å². The van der Waals surface area contributed by atoms with Crippen molar-refractivity contribution in [2.24, 2.45) is 5.73 Å². The fourth-order valence-corrected chi connectivity index (χ4v) is 4.30. The predicted octanol–water partition coefficient (Wildman–Crippen LogP) is 5.90. The van der Waals surface area contributed by atoms with Crippen molar-refractivity contribution in [1.29, 1.82) is 0 Å². The summed E-state index contributed by atoms with van der Waals surface area (Å²) < 4.78 is 10.1. The van der Waals surface area contributed by atoms with Gasteiger partial charge in [0.25, 0.3) is 0 Å². The lowest BCUT2D eigenvalue weighted by Crippen LogP contribution is -2.31. The number of aliphatic hydroxyl groups excluding tert-OH is 1. The number of unbranched alkanes of at least 4 members (excludes halogenated alkanes) is 18. The summed E-state index contributed by atoms with van der Waals surface area (Å²) in [4.78, 5) is 36.7. The van der Waals surface area contributed by atoms with Gasteiger partial charge in [-0.2, -0.15) is 0 Å². The van der Waals surface area contributed by atoms with Gasteiger partial charge in [0.2, 0.25) is 5.91 Å². The monoisotopic (exact) mass is 509 g/mol. The highest BCUT2D eigenvalue weighted by atomic mass is 31.2. The van der Waals surface area contributed by atoms with Gasteiger partial charge in [0.15, 0.2) is 0 Å². The van der Waals surface area contributed by atoms with Gasteiger partial charge in [-0.3, -0.25) is 14.2 Å². The first-order chi connectivity index (χ1) is 16.1. The highest BCUT2D eigenvalue weighted by molar-refractivity contribution is 7.51. The molecule has 34 heavy (non-hydrogen) atoms. The molecule has 0 aromatic carbocycles. The Morgan fingerprint density at radius 1 is 0.676 bits per heavy atom. The van der Waals surface area contributed by atoms with Gasteiger partial charge in [-0.25, -0.2) is 0 Å². The van der Waals surface area contributed by atoms with Crippen LogP contribution in [0.3, 0.4) is 0 Å². The quantitative estimate of drug-likeness (QED) is 0.0846. The van der Waals surface area contributed by atoms with Gasteiger partial charge in [0.1, 0.15) is 6.10 Å². The molecule has 0 aliphatic carbocycles. The number of amides is 1. The molecule has 1 atom stereocenters. The average molecular weight is 510 g/mol. The number of aliphatic hydroxyl groups is 1. The third kappa shape index (κ3) is 33.2. The number of primary amides is 1. The van der Waals surface area contributed by atoms with Gasteiger partial charge in [0, 0.05) is 6.42 Å². The second kappa shape index (κ2) is 25.2. The zero-order chi connectivity index (χ0) is 26.1. The maximum absolute atomic E-state index is 10.4. The van der Waals surface area contributed by atoms with Crippen molar-refractivity contribution in [3.05, 3.63) is 0 Å². The van der Waals surface area contributed by atoms with E-state index in [4.69, 9.17) is 20.0 Å². The summed E-state index contributed by atoms with van der Waals surface area (Å²) in [7, 11) is -4.33. The first-order valence-electron chi connectivity index (χ1n) is 13.3. The number of carboxylic acids is 1. The van der Waals surface area contributed by atoms with Crippen molar-refractivity contribution < 1.29 is 34.2 Å². The van der Waals surface area contributed by atoms with Crippen LogP contribution < -0.4 is 5.73 Å². The van der Waals surface area contributed by atoms with Crippen molar-refractivity contribution in [2.45, 2.75) is 141 Å². The van der Waals surface area contributed by atoms with Crippen LogP contribution in [-0.4, -0.2) is 44.1 Å². The van der Waals surface area contributed by atoms with E-state index in [-0.39, 0.29) is 0 Å². The van der Waals surface area contributed by atoms with Crippen LogP contribution in [0.2, 0.25) is 0 Å². The SMILES string of the molecule is CCCCCCCCCCCCCCCCCCCCCC(=O)O.NC(=O)C(O)CP(=O)(O)O. The lowest BCUT2D eigenvalue weighted by atomic mass is 10.0. The second-order valence-electron chi connectivity index (χ2n) is 9.27. The van der Waals surface area contributed by atoms with Crippen LogP contribution in [0.4, 0.5) is 0 Å². The van der Waals surface area contributed by atoms with E-state index in [1.807, 2.05) is 0 Å². The number of hydrogen-bond acceptors (Lipinski definition) is 4. The minimum absolute atomic E-state index is 0.346. The number of rotatable bonds is 23. The third-order valence-electron chi connectivity index (χ3n) is 5.73. The van der Waals surface area contributed by atoms with E-state index in [0.29, 0.717) is 6.42 Å². The second-order valence-corrected chi connectivity index (χ2v) is 11.0. The molecule has 0 radical (unpaired) electrons. The molecule has 0 aliphatic heterocycles. The molecule has 0 spiro atoms. The molecular formula is C25H52NO7P. The molecule has 0 saturated carbocycles. The summed E-state index contributed by atoms with van der Waals surface area (Å²) in [5, 5.41) is 17.1. The summed E-state index contributed by atoms with van der Waals surface area (Å²) >= 11 is 0. The summed E-state index contributed by atoms with van der Waals surface area (Å²) in [6.45, 7) is 2.28. The van der Waals surface area contributed by atoms with Crippen molar-refractivity contribution in [3.8, 4) is 0 Å². The Kier molecular flexibility index (Phi) is 26.0. The third-order valence-corrected chi connectivity index (χ3v) is 6.55. The Hall–Kier alpha value is -0.950. The number of aliphatic carboxylic acids is 1. The summed E-state index contributed by atoms with van der Waals surface area (Å²) in [5.41, 5.74) is 4.51. The predicted molar refractivity (Wildman–Crippen MR) is 138 cm³/mol. The number of hydrogen-bond donors (Lipinski definition) is 5. The molecular weight excluding hydrogens is 457 g/mol. The lowest BCUT2D eigenvalue weighted by Gasteiger charge is -2.06. The van der Waals surface area contributed by atoms with E-state index in [1.54, 1.807) is 0 Å². The molecule has 0 rings (SSSR count). The van der Waals surface area contributed by atoms with E-state index >= 15 is 0 Å². The van der Waals surface area contributed by atoms with E-state index < -0.39 is 31.7 Å². The van der Waals surface area contributed by atoms with E-state index in [2.05, 4.69) is 12.7 Å². The first kappa shape index (κ1) is 35.2. The molecule has 0 heterocycles. The largest absolute Gasteiger partial charge is 0.481 e. The Bertz CT molecular complexity index is 525. The van der Waals surface area contributed by atoms with Gasteiger partial charge in [0.05, 0.1) is 6.16 Å². The normalized spacial score (nSPS) is 12.1. The average Bonchev–Trinajstić information content (AvgIpc) is 2.74. The van der Waals surface area contributed by atoms with Crippen molar-refractivity contribution >= 4 is 19.5 Å². The van der Waals surface area contributed by atoms with Crippen molar-refractivity contribution in [3.63, 3.8) is 0 Å². The van der Waals surface area contributed by atoms with Crippen molar-refractivity contribution in [2.75, 3.05) is 6.16 Å². The molecule has 0 aromatic rings. The van der Waals surface area contributed by atoms with Crippen LogP contribution in [0.5, 0.6) is 0 Å². The topological polar surface area (TPSA) is 158 Å². The zero-order valence-electron chi connectivity index (χ0n) is 21.5. The van der Waals surface area contributed by atoms with Crippen molar-refractivity contribution in [1.82, 2.24) is 0 Å². The van der Waals surface area contributed by atoms with E-state index in [0.717, 1.165) is 12.8 Å². The van der Waals surface area contributed by atoms with Crippen LogP contribution in [0.25, 0.3) is 0 Å². The summed E-state index contributed by atoms with van der Waals surface area (Å²) in [5.74, 6) is -1.79. The first-order valence-corrected chi connectivity index (χ1v) is 15.1. The Labute approximate surface area is 207 Å². The molecule has 0 saturated heterocycles. The Morgan fingerprint density at radius 3 is 1.18 bits per heavy atom. The highest BCUT2D eigenvalue weighted by Crippen LogP contribution is 2.34. The van der Waals surface area contributed by atoms with Gasteiger partial charge in [-0.1, -0.05) is 122 Å². The smallest absolute Gasteiger partial charge is 0.328 e. The van der Waals surface area contributed by atoms with E-state index in [9.17, 15) is 14.2 Å². The minimum Gasteiger partial charge on any atom is -0.481 e. The van der Waals surface area contributed by atoms with Gasteiger partial charge >= 0.3 is 13.6 Å². The maximum Gasteiger partial charge on any atom is 0.328 e. The molecule has 9 heteroatoms. The molecule has 8 nitrogen and oxygen atoms in total. The van der Waals surface area contributed by atoms with Gasteiger partial charge in [-0.05, 0) is 6.42 Å². The van der Waals surface area contributed by atoms with Gasteiger partial charge in [-0.15, -0.1) is 0 Å². The van der Waals surface area contributed by atoms with E-state index in [1.165, 1.54) is 109 Å². The molecule has 0 aliphatic rings. The van der Waals surface area contributed by atoms with Gasteiger partial charge < -0.3 is 25.7 Å². The lowest BCUT2D eigenvalue weighted by molar-refractivity contribution is -0.137. The molecule has 1 amide bonds. The summed E-state index contributed by atoms with van der Waals surface area (Å²) in [6, 6.07) is 0. The Balaban J connectivity index is 0. The van der Waals surface area contributed by atoms with Crippen LogP contribution in [-0.2, 0) is 14.2 Å². The number of carbonyl (C=O) groups excluding carboxylic acids is 1. The highest BCUT2D eigenvalue weighted by Gasteiger charge is 2.23. The molecule has 0 aromatic heterocycles. The van der Waals surface area contributed by atoms with Crippen LogP contribution in [0, 0.1) is 0 Å². The molecule has 6 N–H and O–H groups in total. The number of carbonyl (C=O) groups is 2. The fraction of sp³-hybridized carbons (Fsp3) is 0.920. The Morgan fingerprint density at radius 2 is 0.971 bits per heavy atom. The zero-order valence-corrected chi connectivity index (χ0v) is 22.4. The number of carboxylic acid groups (broad SMARTS) is 1. The van der Waals surface area contributed by atoms with Crippen LogP contribution in [0.15, 0.2) is 0 Å². The molecule has 1 unspecified atom stereocenters. The number of nitrogens with two attached hydrogens (primary N) is 1. The molecule has 0 fully saturated rings. The maximum atomic E-state index is 10.4. The summed E-state index contributed by atoms with van der Waals surface area (Å²) in [6.07, 6.45) is 23.4. The molecule has 0 bridgehead atoms. The fourth-order valence-electron chi connectivity index (χ4n) is 3.67. The standard InChI is InChI=1S/C22H44O2.C3H8NO5P/c1-2-3-4-5-6-7-8-9-10-11-12-13-14-15-16-17-18-19-20-21-22(23)24;4-3(6)2(5)1-10(7,8)9/h2-21H2,1H3,(H,23,24);2,5H,1H2,(H2,4,6)(H2,7,8,9). The van der Waals surface area contributed by atoms with Crippen LogP contribution >= 0.6 is 7.60 Å². The minimum atomic E-state index is -4.33. The molecule has 204 valence electrons.